The second kappa shape index (κ2) is 6.52. The number of pyridine rings is 1. The molecule has 0 amide bonds. The van der Waals surface area contributed by atoms with E-state index in [0.29, 0.717) is 11.8 Å². The van der Waals surface area contributed by atoms with Crippen LogP contribution in [0.25, 0.3) is 0 Å². The fourth-order valence-corrected chi connectivity index (χ4v) is 2.15. The van der Waals surface area contributed by atoms with Gasteiger partial charge >= 0.3 is 0 Å². The molecule has 5 heteroatoms. The van der Waals surface area contributed by atoms with E-state index in [4.69, 9.17) is 22.2 Å². The van der Waals surface area contributed by atoms with Crippen molar-refractivity contribution in [2.24, 2.45) is 5.84 Å². The summed E-state index contributed by atoms with van der Waals surface area (Å²) in [5, 5.41) is 0.437. The molecule has 0 saturated heterocycles. The maximum Gasteiger partial charge on any atom is 0.129 e. The Kier molecular flexibility index (Phi) is 4.74. The first-order valence-electron chi connectivity index (χ1n) is 6.05. The van der Waals surface area contributed by atoms with Crippen molar-refractivity contribution in [2.75, 3.05) is 6.61 Å². The summed E-state index contributed by atoms with van der Waals surface area (Å²) in [5.74, 6) is 6.49. The van der Waals surface area contributed by atoms with E-state index < -0.39 is 0 Å². The van der Waals surface area contributed by atoms with Crippen LogP contribution in [-0.2, 0) is 0 Å². The number of rotatable bonds is 5. The minimum atomic E-state index is -0.191. The van der Waals surface area contributed by atoms with Gasteiger partial charge in [0.15, 0.2) is 0 Å². The number of hydrogen-bond donors (Lipinski definition) is 2. The molecule has 1 aromatic heterocycles. The smallest absolute Gasteiger partial charge is 0.129 e. The van der Waals surface area contributed by atoms with E-state index in [1.165, 1.54) is 0 Å². The van der Waals surface area contributed by atoms with Crippen LogP contribution in [0.4, 0.5) is 0 Å². The van der Waals surface area contributed by atoms with Crippen molar-refractivity contribution in [3.8, 4) is 5.75 Å². The fourth-order valence-electron chi connectivity index (χ4n) is 1.97. The van der Waals surface area contributed by atoms with Crippen LogP contribution in [0.3, 0.4) is 0 Å². The predicted molar refractivity (Wildman–Crippen MR) is 76.0 cm³/mol. The minimum absolute atomic E-state index is 0.191. The molecule has 2 rings (SSSR count). The Bertz CT molecular complexity index is 548. The van der Waals surface area contributed by atoms with Crippen molar-refractivity contribution in [1.29, 1.82) is 0 Å². The molecule has 3 N–H and O–H groups in total. The molecule has 0 fully saturated rings. The lowest BCUT2D eigenvalue weighted by Crippen LogP contribution is -2.29. The first-order valence-corrected chi connectivity index (χ1v) is 6.43. The summed E-state index contributed by atoms with van der Waals surface area (Å²) in [6.07, 6.45) is 1.66. The Morgan fingerprint density at radius 1 is 1.37 bits per heavy atom. The molecule has 0 radical (unpaired) electrons. The number of hydrazine groups is 1. The van der Waals surface area contributed by atoms with Gasteiger partial charge in [0, 0.05) is 11.8 Å². The van der Waals surface area contributed by atoms with Crippen LogP contribution < -0.4 is 16.0 Å². The molecule has 1 unspecified atom stereocenters. The van der Waals surface area contributed by atoms with Crippen LogP contribution in [0.5, 0.6) is 5.75 Å². The summed E-state index contributed by atoms with van der Waals surface area (Å²) in [7, 11) is 0. The maximum atomic E-state index is 5.92. The van der Waals surface area contributed by atoms with Crippen molar-refractivity contribution in [1.82, 2.24) is 10.4 Å². The molecule has 0 bridgehead atoms. The molecule has 0 saturated carbocycles. The molecule has 100 valence electrons. The summed E-state index contributed by atoms with van der Waals surface area (Å²) in [6.45, 7) is 2.55. The molecule has 4 nitrogen and oxygen atoms in total. The molecular weight excluding hydrogens is 262 g/mol. The lowest BCUT2D eigenvalue weighted by molar-refractivity contribution is 0.333. The van der Waals surface area contributed by atoms with Crippen molar-refractivity contribution in [2.45, 2.75) is 13.0 Å². The summed E-state index contributed by atoms with van der Waals surface area (Å²) < 4.78 is 5.63. The zero-order valence-electron chi connectivity index (χ0n) is 10.6. The van der Waals surface area contributed by atoms with Gasteiger partial charge in [0.05, 0.1) is 12.6 Å². The molecule has 2 aromatic rings. The van der Waals surface area contributed by atoms with E-state index in [2.05, 4.69) is 10.4 Å². The standard InChI is InChI=1S/C14H16ClN3O/c1-2-19-12-6-4-3-5-11(12)14(18-16)10-7-8-17-13(15)9-10/h3-9,14,18H,2,16H2,1H3. The molecule has 19 heavy (non-hydrogen) atoms. The number of ether oxygens (including phenoxy) is 1. The first-order chi connectivity index (χ1) is 9.26. The number of nitrogens with two attached hydrogens (primary N) is 1. The van der Waals surface area contributed by atoms with Gasteiger partial charge in [-0.3, -0.25) is 5.84 Å². The fraction of sp³-hybridized carbons (Fsp3) is 0.214. The number of para-hydroxylation sites is 1. The predicted octanol–water partition coefficient (Wildman–Crippen LogP) is 2.69. The summed E-state index contributed by atoms with van der Waals surface area (Å²) in [5.41, 5.74) is 4.70. The number of hydrogen-bond acceptors (Lipinski definition) is 4. The van der Waals surface area contributed by atoms with Gasteiger partial charge in [-0.2, -0.15) is 0 Å². The normalized spacial score (nSPS) is 12.2. The van der Waals surface area contributed by atoms with E-state index >= 15 is 0 Å². The van der Waals surface area contributed by atoms with Crippen molar-refractivity contribution in [3.05, 3.63) is 58.9 Å². The Hall–Kier alpha value is -1.62. The van der Waals surface area contributed by atoms with E-state index in [-0.39, 0.29) is 6.04 Å². The van der Waals surface area contributed by atoms with Crippen molar-refractivity contribution < 1.29 is 4.74 Å². The summed E-state index contributed by atoms with van der Waals surface area (Å²) >= 11 is 5.92. The van der Waals surface area contributed by atoms with Crippen LogP contribution in [-0.4, -0.2) is 11.6 Å². The van der Waals surface area contributed by atoms with Crippen LogP contribution in [0, 0.1) is 0 Å². The molecule has 0 spiro atoms. The number of halogens is 1. The monoisotopic (exact) mass is 277 g/mol. The van der Waals surface area contributed by atoms with Gasteiger partial charge in [-0.1, -0.05) is 29.8 Å². The van der Waals surface area contributed by atoms with E-state index in [9.17, 15) is 0 Å². The Balaban J connectivity index is 2.42. The SMILES string of the molecule is CCOc1ccccc1C(NN)c1ccnc(Cl)c1. The third-order valence-corrected chi connectivity index (χ3v) is 2.99. The third kappa shape index (κ3) is 3.23. The molecule has 1 aromatic carbocycles. The van der Waals surface area contributed by atoms with Crippen LogP contribution in [0.1, 0.15) is 24.1 Å². The minimum Gasteiger partial charge on any atom is -0.494 e. The highest BCUT2D eigenvalue weighted by Crippen LogP contribution is 2.30. The highest BCUT2D eigenvalue weighted by Gasteiger charge is 2.17. The van der Waals surface area contributed by atoms with Gasteiger partial charge in [0.25, 0.3) is 0 Å². The Morgan fingerprint density at radius 3 is 2.84 bits per heavy atom. The lowest BCUT2D eigenvalue weighted by Gasteiger charge is -2.20. The van der Waals surface area contributed by atoms with Crippen LogP contribution >= 0.6 is 11.6 Å². The number of benzene rings is 1. The quantitative estimate of drug-likeness (QED) is 0.501. The topological polar surface area (TPSA) is 60.2 Å². The molecule has 1 heterocycles. The highest BCUT2D eigenvalue weighted by molar-refractivity contribution is 6.29. The lowest BCUT2D eigenvalue weighted by atomic mass is 9.99. The Labute approximate surface area is 117 Å². The molecule has 1 atom stereocenters. The Morgan fingerprint density at radius 2 is 2.16 bits per heavy atom. The maximum absolute atomic E-state index is 5.92. The molecule has 0 aliphatic carbocycles. The molecule has 0 aliphatic heterocycles. The van der Waals surface area contributed by atoms with Gasteiger partial charge in [0.1, 0.15) is 10.9 Å². The number of nitrogens with zero attached hydrogens (tertiary/aromatic N) is 1. The highest BCUT2D eigenvalue weighted by atomic mass is 35.5. The van der Waals surface area contributed by atoms with Crippen LogP contribution in [0.15, 0.2) is 42.6 Å². The second-order valence-electron chi connectivity index (χ2n) is 3.98. The zero-order valence-corrected chi connectivity index (χ0v) is 11.4. The largest absolute Gasteiger partial charge is 0.494 e. The van der Waals surface area contributed by atoms with Crippen molar-refractivity contribution >= 4 is 11.6 Å². The first kappa shape index (κ1) is 13.8. The van der Waals surface area contributed by atoms with Gasteiger partial charge in [-0.05, 0) is 30.7 Å². The van der Waals surface area contributed by atoms with E-state index in [0.717, 1.165) is 16.9 Å². The van der Waals surface area contributed by atoms with Gasteiger partial charge < -0.3 is 4.74 Å². The summed E-state index contributed by atoms with van der Waals surface area (Å²) in [4.78, 5) is 3.97. The second-order valence-corrected chi connectivity index (χ2v) is 4.37. The van der Waals surface area contributed by atoms with Gasteiger partial charge in [0.2, 0.25) is 0 Å². The molecule has 0 aliphatic rings. The molecular formula is C14H16ClN3O. The third-order valence-electron chi connectivity index (χ3n) is 2.78. The van der Waals surface area contributed by atoms with Crippen LogP contribution in [0.2, 0.25) is 5.15 Å². The van der Waals surface area contributed by atoms with E-state index in [1.807, 2.05) is 37.3 Å². The van der Waals surface area contributed by atoms with E-state index in [1.54, 1.807) is 12.3 Å². The zero-order chi connectivity index (χ0) is 13.7. The number of nitrogens with one attached hydrogen (secondary N) is 1. The average molecular weight is 278 g/mol. The number of aromatic nitrogens is 1. The van der Waals surface area contributed by atoms with Gasteiger partial charge in [-0.25, -0.2) is 10.4 Å². The average Bonchev–Trinajstić information content (AvgIpc) is 2.42. The van der Waals surface area contributed by atoms with Gasteiger partial charge in [-0.15, -0.1) is 0 Å². The van der Waals surface area contributed by atoms with Crippen molar-refractivity contribution in [3.63, 3.8) is 0 Å². The summed E-state index contributed by atoms with van der Waals surface area (Å²) in [6, 6.07) is 11.2.